The van der Waals surface area contributed by atoms with Gasteiger partial charge in [-0.2, -0.15) is 5.10 Å². The van der Waals surface area contributed by atoms with Gasteiger partial charge in [0.05, 0.1) is 33.2 Å². The van der Waals surface area contributed by atoms with Crippen LogP contribution in [0, 0.1) is 11.8 Å². The molecule has 0 fully saturated rings. The van der Waals surface area contributed by atoms with E-state index in [9.17, 15) is 9.59 Å². The number of aryl methyl sites for hydroxylation is 1. The molecule has 0 spiro atoms. The van der Waals surface area contributed by atoms with E-state index in [0.29, 0.717) is 28.5 Å². The highest BCUT2D eigenvalue weighted by atomic mass is 32.1. The Kier molecular flexibility index (Phi) is 7.11. The number of nitrogen functional groups attached to an aromatic ring is 1. The minimum Gasteiger partial charge on any atom is -0.382 e. The molecule has 192 valence electrons. The Labute approximate surface area is 226 Å². The largest absolute Gasteiger partial charge is 0.382 e. The van der Waals surface area contributed by atoms with Gasteiger partial charge in [-0.05, 0) is 42.3 Å². The summed E-state index contributed by atoms with van der Waals surface area (Å²) in [5, 5.41) is 4.44. The highest BCUT2D eigenvalue weighted by Crippen LogP contribution is 2.17. The molecule has 0 bridgehead atoms. The van der Waals surface area contributed by atoms with Gasteiger partial charge in [-0.1, -0.05) is 37.1 Å². The van der Waals surface area contributed by atoms with Gasteiger partial charge in [0.2, 0.25) is 0 Å². The number of amides is 1. The Morgan fingerprint density at radius 2 is 1.85 bits per heavy atom. The van der Waals surface area contributed by atoms with E-state index < -0.39 is 5.91 Å². The van der Waals surface area contributed by atoms with Gasteiger partial charge in [-0.15, -0.1) is 11.3 Å². The molecule has 11 heteroatoms. The molecule has 1 amide bonds. The second-order valence-corrected chi connectivity index (χ2v) is 9.06. The van der Waals surface area contributed by atoms with Crippen molar-refractivity contribution in [3.05, 3.63) is 111 Å². The summed E-state index contributed by atoms with van der Waals surface area (Å²) in [6.45, 7) is 2.00. The molecular formula is C28H22N8O2S. The summed E-state index contributed by atoms with van der Waals surface area (Å²) in [5.41, 5.74) is 15.0. The van der Waals surface area contributed by atoms with E-state index in [4.69, 9.17) is 16.5 Å². The van der Waals surface area contributed by atoms with E-state index in [2.05, 4.69) is 26.9 Å². The van der Waals surface area contributed by atoms with Crippen LogP contribution < -0.4 is 17.0 Å². The van der Waals surface area contributed by atoms with Crippen molar-refractivity contribution in [2.45, 2.75) is 13.3 Å². The van der Waals surface area contributed by atoms with Gasteiger partial charge >= 0.3 is 0 Å². The lowest BCUT2D eigenvalue weighted by Crippen LogP contribution is -2.24. The van der Waals surface area contributed by atoms with Gasteiger partial charge in [-0.3, -0.25) is 19.1 Å². The first-order valence-electron chi connectivity index (χ1n) is 11.9. The van der Waals surface area contributed by atoms with Gasteiger partial charge in [0, 0.05) is 18.2 Å². The number of rotatable bonds is 3. The minimum absolute atomic E-state index is 0.0905. The minimum atomic E-state index is -0.635. The number of hydrogen-bond acceptors (Lipinski definition) is 8. The van der Waals surface area contributed by atoms with Gasteiger partial charge < -0.3 is 11.5 Å². The van der Waals surface area contributed by atoms with Crippen molar-refractivity contribution in [1.82, 2.24) is 29.1 Å². The number of primary amides is 1. The van der Waals surface area contributed by atoms with Crippen molar-refractivity contribution in [3.63, 3.8) is 0 Å². The molecule has 0 saturated heterocycles. The van der Waals surface area contributed by atoms with Crippen molar-refractivity contribution in [2.24, 2.45) is 5.73 Å². The van der Waals surface area contributed by atoms with Crippen LogP contribution in [0.3, 0.4) is 0 Å². The smallest absolute Gasteiger partial charge is 0.271 e. The zero-order valence-electron chi connectivity index (χ0n) is 20.8. The number of carbonyl (C=O) groups is 1. The Morgan fingerprint density at radius 1 is 1.03 bits per heavy atom. The number of thiazole rings is 1. The Balaban J connectivity index is 0.000000198. The summed E-state index contributed by atoms with van der Waals surface area (Å²) in [5.74, 6) is 6.40. The van der Waals surface area contributed by atoms with E-state index in [-0.39, 0.29) is 17.1 Å². The fourth-order valence-electron chi connectivity index (χ4n) is 4.00. The molecule has 10 nitrogen and oxygen atoms in total. The maximum atomic E-state index is 13.3. The molecule has 0 aliphatic heterocycles. The lowest BCUT2D eigenvalue weighted by Gasteiger charge is -2.13. The molecule has 0 unspecified atom stereocenters. The molecule has 0 aliphatic rings. The van der Waals surface area contributed by atoms with E-state index >= 15 is 0 Å². The third kappa shape index (κ3) is 5.09. The number of fused-ring (bicyclic) bond motifs is 2. The number of benzene rings is 2. The molecule has 0 aliphatic carbocycles. The lowest BCUT2D eigenvalue weighted by molar-refractivity contribution is 0.0994. The van der Waals surface area contributed by atoms with Crippen LogP contribution in [0.15, 0.2) is 83.4 Å². The lowest BCUT2D eigenvalue weighted by atomic mass is 10.1. The van der Waals surface area contributed by atoms with Gasteiger partial charge in [0.15, 0.2) is 17.2 Å². The molecule has 0 radical (unpaired) electrons. The first-order chi connectivity index (χ1) is 19.0. The molecule has 6 rings (SSSR count). The zero-order valence-corrected chi connectivity index (χ0v) is 21.6. The highest BCUT2D eigenvalue weighted by molar-refractivity contribution is 7.10. The van der Waals surface area contributed by atoms with Crippen LogP contribution in [0.4, 0.5) is 5.82 Å². The van der Waals surface area contributed by atoms with Crippen molar-refractivity contribution in [3.8, 4) is 17.5 Å². The Bertz CT molecular complexity index is 1920. The number of nitrogens with two attached hydrogens (primary N) is 2. The number of nitrogens with zero attached hydrogens (tertiary/aromatic N) is 6. The van der Waals surface area contributed by atoms with Gasteiger partial charge in [0.1, 0.15) is 5.82 Å². The topological polar surface area (TPSA) is 147 Å². The monoisotopic (exact) mass is 534 g/mol. The van der Waals surface area contributed by atoms with Crippen LogP contribution in [-0.4, -0.2) is 35.0 Å². The average Bonchev–Trinajstić information content (AvgIpc) is 3.59. The Hall–Kier alpha value is -5.34. The maximum Gasteiger partial charge on any atom is 0.271 e. The Morgan fingerprint density at radius 3 is 2.56 bits per heavy atom. The van der Waals surface area contributed by atoms with Crippen molar-refractivity contribution in [2.75, 3.05) is 5.73 Å². The van der Waals surface area contributed by atoms with E-state index in [0.717, 1.165) is 16.4 Å². The standard InChI is InChI=1S/C21H15N3OS.C7H7N5O/c1-2-19-23-18-10-6-7-15(11-12-17-13-22-14-26-17)20(18)21(25)24(19)16-8-4-3-5-9-16;8-6-5(7(9)13)12-4(11-6)2-1-3-10-12/h3-10,13-14H,2H2,1H3;1-3H,8H2,(H2,9,13). The van der Waals surface area contributed by atoms with E-state index in [1.165, 1.54) is 22.0 Å². The molecule has 4 N–H and O–H groups in total. The molecule has 6 aromatic rings. The number of hydrogen-bond donors (Lipinski definition) is 2. The van der Waals surface area contributed by atoms with Crippen LogP contribution >= 0.6 is 11.3 Å². The first-order valence-corrected chi connectivity index (χ1v) is 12.8. The number of aromatic nitrogens is 6. The van der Waals surface area contributed by atoms with Crippen LogP contribution in [-0.2, 0) is 6.42 Å². The molecule has 0 atom stereocenters. The predicted octanol–water partition coefficient (Wildman–Crippen LogP) is 3.21. The maximum absolute atomic E-state index is 13.3. The van der Waals surface area contributed by atoms with Gasteiger partial charge in [0.25, 0.3) is 11.5 Å². The fraction of sp³-hybridized carbons (Fsp3) is 0.0714. The quantitative estimate of drug-likeness (QED) is 0.331. The molecule has 4 aromatic heterocycles. The SMILES string of the molecule is CCc1nc2cccc(C#Cc3cncs3)c2c(=O)n1-c1ccccc1.NC(=O)c1c(N)nc2cccnn12. The van der Waals surface area contributed by atoms with Crippen molar-refractivity contribution < 1.29 is 4.79 Å². The van der Waals surface area contributed by atoms with Crippen LogP contribution in [0.5, 0.6) is 0 Å². The number of anilines is 1. The fourth-order valence-corrected chi connectivity index (χ4v) is 4.47. The molecule has 4 heterocycles. The van der Waals surface area contributed by atoms with Crippen LogP contribution in [0.25, 0.3) is 22.2 Å². The molecular weight excluding hydrogens is 512 g/mol. The summed E-state index contributed by atoms with van der Waals surface area (Å²) in [4.78, 5) is 37.8. The normalized spacial score (nSPS) is 10.5. The predicted molar refractivity (Wildman–Crippen MR) is 151 cm³/mol. The molecule has 0 saturated carbocycles. The average molecular weight is 535 g/mol. The van der Waals surface area contributed by atoms with Crippen molar-refractivity contribution in [1.29, 1.82) is 0 Å². The van der Waals surface area contributed by atoms with E-state index in [1.54, 1.807) is 28.4 Å². The zero-order chi connectivity index (χ0) is 27.4. The summed E-state index contributed by atoms with van der Waals surface area (Å²) in [6, 6.07) is 18.6. The third-order valence-electron chi connectivity index (χ3n) is 5.70. The van der Waals surface area contributed by atoms with Crippen molar-refractivity contribution >= 4 is 39.6 Å². The number of para-hydroxylation sites is 1. The number of carbonyl (C=O) groups excluding carboxylic acids is 1. The molecule has 2 aromatic carbocycles. The second-order valence-electron chi connectivity index (χ2n) is 8.18. The van der Waals surface area contributed by atoms with Crippen LogP contribution in [0.1, 0.15) is 33.7 Å². The summed E-state index contributed by atoms with van der Waals surface area (Å²) >= 11 is 1.47. The first kappa shape index (κ1) is 25.3. The van der Waals surface area contributed by atoms with E-state index in [1.807, 2.05) is 55.5 Å². The summed E-state index contributed by atoms with van der Waals surface area (Å²) in [6.07, 6.45) is 3.91. The third-order valence-corrected chi connectivity index (χ3v) is 6.39. The molecule has 39 heavy (non-hydrogen) atoms. The number of imidazole rings is 1. The summed E-state index contributed by atoms with van der Waals surface area (Å²) < 4.78 is 3.00. The summed E-state index contributed by atoms with van der Waals surface area (Å²) in [7, 11) is 0. The second kappa shape index (κ2) is 11.0. The van der Waals surface area contributed by atoms with Gasteiger partial charge in [-0.25, -0.2) is 14.5 Å². The highest BCUT2D eigenvalue weighted by Gasteiger charge is 2.15. The van der Waals surface area contributed by atoms with Crippen LogP contribution in [0.2, 0.25) is 0 Å².